The van der Waals surface area contributed by atoms with Gasteiger partial charge in [-0.2, -0.15) is 0 Å². The third kappa shape index (κ3) is 4.15. The van der Waals surface area contributed by atoms with Gasteiger partial charge < -0.3 is 24.8 Å². The minimum atomic E-state index is -0.478. The first-order valence-corrected chi connectivity index (χ1v) is 7.57. The van der Waals surface area contributed by atoms with E-state index in [2.05, 4.69) is 10.6 Å². The number of carbonyl (C=O) groups is 1. The summed E-state index contributed by atoms with van der Waals surface area (Å²) in [6.45, 7) is 0. The van der Waals surface area contributed by atoms with Gasteiger partial charge in [0, 0.05) is 17.2 Å². The van der Waals surface area contributed by atoms with Crippen LogP contribution < -0.4 is 24.8 Å². The molecule has 6 nitrogen and oxygen atoms in total. The van der Waals surface area contributed by atoms with E-state index >= 15 is 0 Å². The summed E-state index contributed by atoms with van der Waals surface area (Å²) in [5.74, 6) is 1.29. The molecular formula is C16H16Cl2N2O4. The number of amides is 2. The molecule has 0 atom stereocenters. The maximum atomic E-state index is 12.1. The van der Waals surface area contributed by atoms with Crippen LogP contribution in [0, 0.1) is 0 Å². The minimum Gasteiger partial charge on any atom is -0.493 e. The highest BCUT2D eigenvalue weighted by molar-refractivity contribution is 6.36. The maximum absolute atomic E-state index is 12.1. The van der Waals surface area contributed by atoms with Gasteiger partial charge in [-0.25, -0.2) is 4.79 Å². The van der Waals surface area contributed by atoms with Crippen LogP contribution in [0.5, 0.6) is 17.2 Å². The predicted molar refractivity (Wildman–Crippen MR) is 95.2 cm³/mol. The van der Waals surface area contributed by atoms with E-state index in [4.69, 9.17) is 37.4 Å². The lowest BCUT2D eigenvalue weighted by Gasteiger charge is -2.15. The molecule has 0 unspecified atom stereocenters. The highest BCUT2D eigenvalue weighted by atomic mass is 35.5. The fourth-order valence-corrected chi connectivity index (χ4v) is 2.48. The van der Waals surface area contributed by atoms with Crippen molar-refractivity contribution in [2.45, 2.75) is 0 Å². The number of urea groups is 1. The van der Waals surface area contributed by atoms with Gasteiger partial charge in [0.05, 0.1) is 37.7 Å². The molecule has 128 valence electrons. The smallest absolute Gasteiger partial charge is 0.323 e. The molecule has 0 radical (unpaired) electrons. The average molecular weight is 371 g/mol. The van der Waals surface area contributed by atoms with Crippen molar-refractivity contribution in [2.75, 3.05) is 32.0 Å². The topological polar surface area (TPSA) is 68.8 Å². The highest BCUT2D eigenvalue weighted by Gasteiger charge is 2.15. The molecule has 0 heterocycles. The Bertz CT molecular complexity index is 728. The molecule has 0 saturated heterocycles. The Hall–Kier alpha value is -2.31. The monoisotopic (exact) mass is 370 g/mol. The predicted octanol–water partition coefficient (Wildman–Crippen LogP) is 4.66. The summed E-state index contributed by atoms with van der Waals surface area (Å²) in [4.78, 5) is 12.1. The van der Waals surface area contributed by atoms with Crippen LogP contribution in [0.4, 0.5) is 16.2 Å². The molecule has 2 aromatic carbocycles. The van der Waals surface area contributed by atoms with Gasteiger partial charge in [0.1, 0.15) is 0 Å². The average Bonchev–Trinajstić information content (AvgIpc) is 2.56. The van der Waals surface area contributed by atoms with E-state index in [1.807, 2.05) is 0 Å². The Morgan fingerprint density at radius 2 is 1.54 bits per heavy atom. The van der Waals surface area contributed by atoms with Crippen LogP contribution >= 0.6 is 23.2 Å². The summed E-state index contributed by atoms with van der Waals surface area (Å²) in [5.41, 5.74) is 0.901. The maximum Gasteiger partial charge on any atom is 0.323 e. The zero-order valence-corrected chi connectivity index (χ0v) is 14.8. The van der Waals surface area contributed by atoms with Crippen LogP contribution in [-0.2, 0) is 0 Å². The summed E-state index contributed by atoms with van der Waals surface area (Å²) in [6, 6.07) is 7.53. The van der Waals surface area contributed by atoms with Crippen LogP contribution in [0.15, 0.2) is 30.3 Å². The first-order chi connectivity index (χ1) is 11.5. The zero-order chi connectivity index (χ0) is 17.7. The van der Waals surface area contributed by atoms with Crippen LogP contribution in [0.25, 0.3) is 0 Å². The van der Waals surface area contributed by atoms with Crippen LogP contribution in [-0.4, -0.2) is 27.4 Å². The number of anilines is 2. The fourth-order valence-electron chi connectivity index (χ4n) is 2.03. The molecule has 2 rings (SSSR count). The normalized spacial score (nSPS) is 10.0. The Morgan fingerprint density at radius 1 is 0.917 bits per heavy atom. The molecule has 0 aliphatic carbocycles. The van der Waals surface area contributed by atoms with E-state index in [1.54, 1.807) is 24.3 Å². The van der Waals surface area contributed by atoms with Gasteiger partial charge in [0.15, 0.2) is 11.5 Å². The molecule has 8 heteroatoms. The molecule has 24 heavy (non-hydrogen) atoms. The molecule has 0 aromatic heterocycles. The Balaban J connectivity index is 2.19. The Kier molecular flexibility index (Phi) is 6.00. The van der Waals surface area contributed by atoms with Crippen LogP contribution in [0.2, 0.25) is 10.0 Å². The fraction of sp³-hybridized carbons (Fsp3) is 0.188. The first-order valence-electron chi connectivity index (χ1n) is 6.81. The summed E-state index contributed by atoms with van der Waals surface area (Å²) in [7, 11) is 4.49. The lowest BCUT2D eigenvalue weighted by atomic mass is 10.2. The van der Waals surface area contributed by atoms with Crippen molar-refractivity contribution in [3.63, 3.8) is 0 Å². The largest absolute Gasteiger partial charge is 0.493 e. The Morgan fingerprint density at radius 3 is 2.04 bits per heavy atom. The van der Waals surface area contributed by atoms with Crippen molar-refractivity contribution >= 4 is 40.6 Å². The van der Waals surface area contributed by atoms with Gasteiger partial charge in [0.25, 0.3) is 0 Å². The van der Waals surface area contributed by atoms with Crippen LogP contribution in [0.3, 0.4) is 0 Å². The van der Waals surface area contributed by atoms with E-state index in [-0.39, 0.29) is 0 Å². The molecule has 0 bridgehead atoms. The number of rotatable bonds is 5. The van der Waals surface area contributed by atoms with Gasteiger partial charge in [0.2, 0.25) is 5.75 Å². The zero-order valence-electron chi connectivity index (χ0n) is 13.3. The SMILES string of the molecule is COc1cc(NC(=O)Nc2ccc(Cl)cc2Cl)cc(OC)c1OC. The summed E-state index contributed by atoms with van der Waals surface area (Å²) in [6.07, 6.45) is 0. The molecule has 2 aromatic rings. The second-order valence-corrected chi connectivity index (χ2v) is 5.46. The number of hydrogen-bond acceptors (Lipinski definition) is 4. The van der Waals surface area contributed by atoms with Gasteiger partial charge in [-0.3, -0.25) is 0 Å². The second-order valence-electron chi connectivity index (χ2n) is 4.62. The van der Waals surface area contributed by atoms with Crippen molar-refractivity contribution in [1.82, 2.24) is 0 Å². The van der Waals surface area contributed by atoms with E-state index in [0.29, 0.717) is 38.7 Å². The number of nitrogens with one attached hydrogen (secondary N) is 2. The lowest BCUT2D eigenvalue weighted by molar-refractivity contribution is 0.262. The number of hydrogen-bond donors (Lipinski definition) is 2. The third-order valence-electron chi connectivity index (χ3n) is 3.10. The number of halogens is 2. The van der Waals surface area contributed by atoms with Gasteiger partial charge in [-0.1, -0.05) is 23.2 Å². The van der Waals surface area contributed by atoms with Gasteiger partial charge in [-0.15, -0.1) is 0 Å². The minimum absolute atomic E-state index is 0.336. The van der Waals surface area contributed by atoms with Gasteiger partial charge in [-0.05, 0) is 18.2 Å². The number of methoxy groups -OCH3 is 3. The van der Waals surface area contributed by atoms with E-state index < -0.39 is 6.03 Å². The van der Waals surface area contributed by atoms with Crippen molar-refractivity contribution in [3.8, 4) is 17.2 Å². The van der Waals surface area contributed by atoms with Crippen molar-refractivity contribution in [2.24, 2.45) is 0 Å². The Labute approximate surface area is 149 Å². The van der Waals surface area contributed by atoms with Crippen molar-refractivity contribution in [1.29, 1.82) is 0 Å². The number of ether oxygens (including phenoxy) is 3. The van der Waals surface area contributed by atoms with Crippen molar-refractivity contribution < 1.29 is 19.0 Å². The second kappa shape index (κ2) is 7.99. The summed E-state index contributed by atoms with van der Waals surface area (Å²) in [5, 5.41) is 6.13. The molecule has 0 spiro atoms. The van der Waals surface area contributed by atoms with Crippen molar-refractivity contribution in [3.05, 3.63) is 40.4 Å². The van der Waals surface area contributed by atoms with E-state index in [1.165, 1.54) is 27.4 Å². The number of carbonyl (C=O) groups excluding carboxylic acids is 1. The third-order valence-corrected chi connectivity index (χ3v) is 3.65. The standard InChI is InChI=1S/C16H16Cl2N2O4/c1-22-13-7-10(8-14(23-2)15(13)24-3)19-16(21)20-12-5-4-9(17)6-11(12)18/h4-8H,1-3H3,(H2,19,20,21). The molecule has 0 fully saturated rings. The van der Waals surface area contributed by atoms with Gasteiger partial charge >= 0.3 is 6.03 Å². The number of benzene rings is 2. The highest BCUT2D eigenvalue weighted by Crippen LogP contribution is 2.40. The molecule has 2 N–H and O–H groups in total. The van der Waals surface area contributed by atoms with E-state index in [9.17, 15) is 4.79 Å². The van der Waals surface area contributed by atoms with E-state index in [0.717, 1.165) is 0 Å². The molecule has 0 saturated carbocycles. The summed E-state index contributed by atoms with van der Waals surface area (Å²) >= 11 is 11.9. The first kappa shape index (κ1) is 18.0. The summed E-state index contributed by atoms with van der Waals surface area (Å²) < 4.78 is 15.7. The quantitative estimate of drug-likeness (QED) is 0.802. The molecule has 0 aliphatic rings. The van der Waals surface area contributed by atoms with Crippen LogP contribution in [0.1, 0.15) is 0 Å². The lowest BCUT2D eigenvalue weighted by Crippen LogP contribution is -2.19. The molecular weight excluding hydrogens is 355 g/mol. The molecule has 2 amide bonds. The molecule has 0 aliphatic heterocycles.